The van der Waals surface area contributed by atoms with Crippen molar-refractivity contribution in [1.82, 2.24) is 20.4 Å². The number of hydrogen-bond acceptors (Lipinski definition) is 2. The van der Waals surface area contributed by atoms with E-state index in [9.17, 15) is 0 Å². The number of hydrogen-bond donors (Lipinski definition) is 2. The predicted octanol–water partition coefficient (Wildman–Crippen LogP) is 1.80. The molecule has 0 radical (unpaired) electrons. The van der Waals surface area contributed by atoms with Crippen molar-refractivity contribution in [3.8, 4) is 0 Å². The zero-order valence-electron chi connectivity index (χ0n) is 11.5. The van der Waals surface area contributed by atoms with Crippen LogP contribution in [0.25, 0.3) is 0 Å². The van der Waals surface area contributed by atoms with Crippen LogP contribution in [0.3, 0.4) is 0 Å². The number of nitrogens with one attached hydrogen (secondary N) is 2. The van der Waals surface area contributed by atoms with Crippen molar-refractivity contribution in [2.75, 3.05) is 6.54 Å². The van der Waals surface area contributed by atoms with Gasteiger partial charge >= 0.3 is 0 Å². The Morgan fingerprint density at radius 2 is 1.80 bits per heavy atom. The lowest BCUT2D eigenvalue weighted by atomic mass is 10.1. The largest absolute Gasteiger partial charge is 0.339 e. The molecule has 3 rings (SSSR count). The zero-order valence-corrected chi connectivity index (χ0v) is 13.2. The molecule has 0 aromatic heterocycles. The highest BCUT2D eigenvalue weighted by Gasteiger charge is 2.48. The Morgan fingerprint density at radius 1 is 1.15 bits per heavy atom. The minimum absolute atomic E-state index is 0.102. The maximum atomic E-state index is 5.66. The Bertz CT molecular complexity index is 533. The summed E-state index contributed by atoms with van der Waals surface area (Å²) >= 11 is 10.9. The monoisotopic (exact) mass is 306 g/mol. The molecule has 2 aliphatic heterocycles. The summed E-state index contributed by atoms with van der Waals surface area (Å²) in [4.78, 5) is 4.43. The maximum absolute atomic E-state index is 5.66. The summed E-state index contributed by atoms with van der Waals surface area (Å²) in [6.07, 6.45) is 0.233. The second-order valence-electron chi connectivity index (χ2n) is 5.07. The average Bonchev–Trinajstić information content (AvgIpc) is 2.93. The molecule has 106 valence electrons. The van der Waals surface area contributed by atoms with E-state index < -0.39 is 0 Å². The normalized spacial score (nSPS) is 26.3. The lowest BCUT2D eigenvalue weighted by molar-refractivity contribution is 0.234. The molecule has 0 unspecified atom stereocenters. The molecule has 0 bridgehead atoms. The van der Waals surface area contributed by atoms with E-state index >= 15 is 0 Å². The highest BCUT2D eigenvalue weighted by Crippen LogP contribution is 2.32. The summed E-state index contributed by atoms with van der Waals surface area (Å²) in [6.45, 7) is 5.17. The molecule has 0 saturated carbocycles. The third-order valence-corrected chi connectivity index (χ3v) is 4.68. The number of rotatable bonds is 3. The minimum Gasteiger partial charge on any atom is -0.339 e. The van der Waals surface area contributed by atoms with Gasteiger partial charge in [-0.15, -0.1) is 0 Å². The third kappa shape index (κ3) is 2.03. The highest BCUT2D eigenvalue weighted by atomic mass is 32.1. The third-order valence-electron chi connectivity index (χ3n) is 4.00. The first-order chi connectivity index (χ1) is 9.63. The van der Waals surface area contributed by atoms with E-state index in [-0.39, 0.29) is 18.4 Å². The molecule has 1 aromatic carbocycles. The lowest BCUT2D eigenvalue weighted by Gasteiger charge is -2.31. The van der Waals surface area contributed by atoms with Crippen molar-refractivity contribution in [2.45, 2.75) is 32.2 Å². The van der Waals surface area contributed by atoms with Crippen molar-refractivity contribution < 1.29 is 0 Å². The van der Waals surface area contributed by atoms with Gasteiger partial charge < -0.3 is 20.4 Å². The van der Waals surface area contributed by atoms with Gasteiger partial charge in [-0.3, -0.25) is 0 Å². The van der Waals surface area contributed by atoms with Crippen molar-refractivity contribution in [3.63, 3.8) is 0 Å². The van der Waals surface area contributed by atoms with Crippen LogP contribution in [0.4, 0.5) is 0 Å². The van der Waals surface area contributed by atoms with Crippen LogP contribution in [0.2, 0.25) is 0 Å². The smallest absolute Gasteiger partial charge is 0.175 e. The van der Waals surface area contributed by atoms with Crippen LogP contribution in [0.5, 0.6) is 0 Å². The fourth-order valence-corrected chi connectivity index (χ4v) is 3.71. The zero-order chi connectivity index (χ0) is 14.3. The van der Waals surface area contributed by atoms with Crippen LogP contribution in [0.1, 0.15) is 25.5 Å². The Hall–Kier alpha value is -1.40. The van der Waals surface area contributed by atoms with Gasteiger partial charge in [0.2, 0.25) is 0 Å². The van der Waals surface area contributed by atoms with Crippen LogP contribution in [0.15, 0.2) is 30.3 Å². The number of nitrogens with zero attached hydrogens (tertiary/aromatic N) is 2. The fourth-order valence-electron chi connectivity index (χ4n) is 2.96. The molecule has 1 aromatic rings. The summed E-state index contributed by atoms with van der Waals surface area (Å²) in [6, 6.07) is 10.6. The fraction of sp³-hybridized carbons (Fsp3) is 0.429. The van der Waals surface area contributed by atoms with Gasteiger partial charge in [0, 0.05) is 6.54 Å². The molecule has 2 saturated heterocycles. The van der Waals surface area contributed by atoms with Crippen molar-refractivity contribution >= 4 is 34.7 Å². The molecular weight excluding hydrogens is 288 g/mol. The van der Waals surface area contributed by atoms with Gasteiger partial charge in [-0.1, -0.05) is 30.3 Å². The van der Waals surface area contributed by atoms with Gasteiger partial charge in [0.25, 0.3) is 0 Å². The van der Waals surface area contributed by atoms with Crippen molar-refractivity contribution in [2.24, 2.45) is 0 Å². The predicted molar refractivity (Wildman–Crippen MR) is 88.1 cm³/mol. The Balaban J connectivity index is 1.92. The summed E-state index contributed by atoms with van der Waals surface area (Å²) < 4.78 is 0. The SMILES string of the molecule is CCN1C(=S)N([C@H](C)c2ccccc2)[C@@H]2NC(=S)N[C@@H]21. The topological polar surface area (TPSA) is 30.5 Å². The van der Waals surface area contributed by atoms with Crippen LogP contribution < -0.4 is 10.6 Å². The molecule has 2 heterocycles. The second kappa shape index (κ2) is 5.18. The number of likely N-dealkylation sites (N-methyl/N-ethyl adjacent to an activating group) is 1. The molecule has 4 nitrogen and oxygen atoms in total. The van der Waals surface area contributed by atoms with E-state index in [1.165, 1.54) is 5.56 Å². The Morgan fingerprint density at radius 3 is 2.45 bits per heavy atom. The van der Waals surface area contributed by atoms with E-state index in [2.05, 4.69) is 58.5 Å². The summed E-state index contributed by atoms with van der Waals surface area (Å²) in [5.41, 5.74) is 1.26. The summed E-state index contributed by atoms with van der Waals surface area (Å²) in [5.74, 6) is 0. The number of thiocarbonyl (C=S) groups is 2. The highest BCUT2D eigenvalue weighted by molar-refractivity contribution is 7.80. The molecule has 0 amide bonds. The molecule has 2 fully saturated rings. The molecule has 2 aliphatic rings. The van der Waals surface area contributed by atoms with Crippen LogP contribution in [-0.2, 0) is 0 Å². The number of fused-ring (bicyclic) bond motifs is 1. The van der Waals surface area contributed by atoms with E-state index in [0.29, 0.717) is 5.11 Å². The molecular formula is C14H18N4S2. The van der Waals surface area contributed by atoms with Gasteiger partial charge in [-0.05, 0) is 43.8 Å². The van der Waals surface area contributed by atoms with E-state index in [0.717, 1.165) is 11.7 Å². The van der Waals surface area contributed by atoms with E-state index in [1.54, 1.807) is 0 Å². The summed E-state index contributed by atoms with van der Waals surface area (Å²) in [7, 11) is 0. The molecule has 0 spiro atoms. The van der Waals surface area contributed by atoms with Gasteiger partial charge in [0.05, 0.1) is 6.04 Å². The quantitative estimate of drug-likeness (QED) is 0.828. The first-order valence-electron chi connectivity index (χ1n) is 6.84. The molecule has 2 N–H and O–H groups in total. The van der Waals surface area contributed by atoms with E-state index in [4.69, 9.17) is 24.4 Å². The van der Waals surface area contributed by atoms with Crippen molar-refractivity contribution in [3.05, 3.63) is 35.9 Å². The molecule has 20 heavy (non-hydrogen) atoms. The Labute approximate surface area is 130 Å². The molecule has 3 atom stereocenters. The van der Waals surface area contributed by atoms with Gasteiger partial charge in [0.15, 0.2) is 10.2 Å². The van der Waals surface area contributed by atoms with Crippen LogP contribution in [-0.4, -0.2) is 38.9 Å². The Kier molecular flexibility index (Phi) is 3.52. The summed E-state index contributed by atoms with van der Waals surface area (Å²) in [5, 5.41) is 8.21. The standard InChI is InChI=1S/C14H18N4S2/c1-3-17-11-12(16-13(19)15-11)18(14(17)20)9(2)10-7-5-4-6-8-10/h4-9,11-12H,3H2,1-2H3,(H2,15,16,19)/t9-,11-,12+/m1/s1. The molecule has 6 heteroatoms. The molecule has 0 aliphatic carbocycles. The second-order valence-corrected chi connectivity index (χ2v) is 5.84. The van der Waals surface area contributed by atoms with Crippen LogP contribution in [0, 0.1) is 0 Å². The number of benzene rings is 1. The first-order valence-corrected chi connectivity index (χ1v) is 7.66. The van der Waals surface area contributed by atoms with Gasteiger partial charge in [0.1, 0.15) is 12.3 Å². The van der Waals surface area contributed by atoms with Gasteiger partial charge in [-0.2, -0.15) is 0 Å². The first kappa shape index (κ1) is 13.6. The minimum atomic E-state index is 0.102. The lowest BCUT2D eigenvalue weighted by Crippen LogP contribution is -2.44. The van der Waals surface area contributed by atoms with Gasteiger partial charge in [-0.25, -0.2) is 0 Å². The van der Waals surface area contributed by atoms with Crippen LogP contribution >= 0.6 is 24.4 Å². The maximum Gasteiger partial charge on any atom is 0.175 e. The van der Waals surface area contributed by atoms with Crippen molar-refractivity contribution in [1.29, 1.82) is 0 Å². The average molecular weight is 306 g/mol. The van der Waals surface area contributed by atoms with E-state index in [1.807, 2.05) is 6.07 Å².